The van der Waals surface area contributed by atoms with Gasteiger partial charge in [0.2, 0.25) is 10.0 Å². The summed E-state index contributed by atoms with van der Waals surface area (Å²) < 4.78 is 29.2. The number of rotatable bonds is 6. The lowest BCUT2D eigenvalue weighted by molar-refractivity contribution is 0.566. The van der Waals surface area contributed by atoms with E-state index >= 15 is 0 Å². The minimum atomic E-state index is -3.42. The third-order valence-corrected chi connectivity index (χ3v) is 5.12. The van der Waals surface area contributed by atoms with Crippen LogP contribution in [0.4, 0.5) is 0 Å². The Bertz CT molecular complexity index is 891. The fraction of sp³-hybridized carbons (Fsp3) is 0.167. The van der Waals surface area contributed by atoms with Crippen molar-refractivity contribution in [3.63, 3.8) is 0 Å². The Morgan fingerprint density at radius 1 is 1.08 bits per heavy atom. The van der Waals surface area contributed by atoms with Gasteiger partial charge in [-0.3, -0.25) is 0 Å². The Kier molecular flexibility index (Phi) is 4.78. The average Bonchev–Trinajstić information content (AvgIpc) is 3.09. The van der Waals surface area contributed by atoms with Gasteiger partial charge in [-0.15, -0.1) is 0 Å². The van der Waals surface area contributed by atoms with Crippen LogP contribution in [-0.2, 0) is 15.8 Å². The summed E-state index contributed by atoms with van der Waals surface area (Å²) in [5.74, 6) is -0.0307. The van der Waals surface area contributed by atoms with Crippen LogP contribution in [0.1, 0.15) is 24.1 Å². The second-order valence-corrected chi connectivity index (χ2v) is 7.38. The molecule has 0 aliphatic heterocycles. The summed E-state index contributed by atoms with van der Waals surface area (Å²) in [5.41, 5.74) is 2.55. The molecule has 0 spiro atoms. The Labute approximate surface area is 142 Å². The van der Waals surface area contributed by atoms with E-state index < -0.39 is 10.0 Å². The molecule has 1 aromatic heterocycles. The minimum Gasteiger partial charge on any atom is -0.241 e. The van der Waals surface area contributed by atoms with E-state index in [0.717, 1.165) is 16.8 Å². The molecule has 2 aromatic carbocycles. The van der Waals surface area contributed by atoms with Crippen molar-refractivity contribution in [2.45, 2.75) is 18.7 Å². The molecule has 0 saturated carbocycles. The molecule has 0 unspecified atom stereocenters. The third-order valence-electron chi connectivity index (χ3n) is 3.70. The van der Waals surface area contributed by atoms with Gasteiger partial charge in [0.05, 0.1) is 11.4 Å². The van der Waals surface area contributed by atoms with Crippen LogP contribution in [0, 0.1) is 0 Å². The monoisotopic (exact) mass is 341 g/mol. The van der Waals surface area contributed by atoms with Crippen LogP contribution in [0.2, 0.25) is 0 Å². The Hall–Kier alpha value is -2.44. The van der Waals surface area contributed by atoms with E-state index in [1.165, 1.54) is 0 Å². The summed E-state index contributed by atoms with van der Waals surface area (Å²) in [6.07, 6.45) is 3.56. The molecule has 0 bridgehead atoms. The molecule has 3 aromatic rings. The van der Waals surface area contributed by atoms with Crippen LogP contribution in [0.25, 0.3) is 5.69 Å². The zero-order chi connectivity index (χ0) is 17.0. The molecule has 0 amide bonds. The molecule has 6 heteroatoms. The van der Waals surface area contributed by atoms with Crippen LogP contribution in [0.5, 0.6) is 0 Å². The van der Waals surface area contributed by atoms with Crippen molar-refractivity contribution in [2.75, 3.05) is 0 Å². The zero-order valence-electron chi connectivity index (χ0n) is 13.3. The molecule has 124 valence electrons. The molecule has 1 atom stereocenters. The van der Waals surface area contributed by atoms with Crippen molar-refractivity contribution < 1.29 is 8.42 Å². The number of nitrogens with zero attached hydrogens (tertiary/aromatic N) is 2. The molecule has 0 radical (unpaired) electrons. The first-order valence-electron chi connectivity index (χ1n) is 7.67. The molecule has 3 rings (SSSR count). The van der Waals surface area contributed by atoms with Crippen molar-refractivity contribution in [1.82, 2.24) is 14.5 Å². The Morgan fingerprint density at radius 3 is 2.58 bits per heavy atom. The first kappa shape index (κ1) is 16.4. The van der Waals surface area contributed by atoms with Gasteiger partial charge in [-0.25, -0.2) is 17.8 Å². The van der Waals surface area contributed by atoms with E-state index in [1.807, 2.05) is 73.8 Å². The smallest absolute Gasteiger partial charge is 0.216 e. The molecule has 1 heterocycles. The normalized spacial score (nSPS) is 12.9. The first-order valence-corrected chi connectivity index (χ1v) is 9.33. The molecular formula is C18H19N3O2S. The molecular weight excluding hydrogens is 322 g/mol. The third kappa shape index (κ3) is 4.10. The number of sulfonamides is 1. The Balaban J connectivity index is 1.75. The maximum atomic E-state index is 12.4. The van der Waals surface area contributed by atoms with Gasteiger partial charge in [-0.05, 0) is 36.2 Å². The van der Waals surface area contributed by atoms with Gasteiger partial charge in [0.1, 0.15) is 0 Å². The van der Waals surface area contributed by atoms with E-state index in [4.69, 9.17) is 0 Å². The van der Waals surface area contributed by atoms with E-state index in [9.17, 15) is 8.42 Å². The number of hydrogen-bond acceptors (Lipinski definition) is 3. The van der Waals surface area contributed by atoms with Crippen molar-refractivity contribution in [3.05, 3.63) is 84.2 Å². The minimum absolute atomic E-state index is 0.0307. The van der Waals surface area contributed by atoms with Crippen LogP contribution >= 0.6 is 0 Å². The number of nitrogens with one attached hydrogen (secondary N) is 1. The molecule has 1 N–H and O–H groups in total. The quantitative estimate of drug-likeness (QED) is 0.749. The SMILES string of the molecule is C[C@H](NS(=O)(=O)Cc1ccccc1)c1cccc(-n2cccn2)c1. The highest BCUT2D eigenvalue weighted by Gasteiger charge is 2.17. The predicted molar refractivity (Wildman–Crippen MR) is 94.2 cm³/mol. The van der Waals surface area contributed by atoms with Crippen LogP contribution in [0.3, 0.4) is 0 Å². The molecule has 24 heavy (non-hydrogen) atoms. The Morgan fingerprint density at radius 2 is 1.88 bits per heavy atom. The van der Waals surface area contributed by atoms with Crippen LogP contribution in [0.15, 0.2) is 73.1 Å². The number of benzene rings is 2. The first-order chi connectivity index (χ1) is 11.5. The van der Waals surface area contributed by atoms with Gasteiger partial charge in [-0.2, -0.15) is 5.10 Å². The van der Waals surface area contributed by atoms with Gasteiger partial charge in [0.25, 0.3) is 0 Å². The number of hydrogen-bond donors (Lipinski definition) is 1. The molecule has 0 fully saturated rings. The lowest BCUT2D eigenvalue weighted by atomic mass is 10.1. The highest BCUT2D eigenvalue weighted by Crippen LogP contribution is 2.18. The van der Waals surface area contributed by atoms with Gasteiger partial charge >= 0.3 is 0 Å². The van der Waals surface area contributed by atoms with Crippen molar-refractivity contribution in [1.29, 1.82) is 0 Å². The summed E-state index contributed by atoms with van der Waals surface area (Å²) in [6, 6.07) is 18.3. The molecule has 0 aliphatic rings. The van der Waals surface area contributed by atoms with Gasteiger partial charge < -0.3 is 0 Å². The van der Waals surface area contributed by atoms with Gasteiger partial charge in [-0.1, -0.05) is 42.5 Å². The highest BCUT2D eigenvalue weighted by molar-refractivity contribution is 7.88. The summed E-state index contributed by atoms with van der Waals surface area (Å²) >= 11 is 0. The van der Waals surface area contributed by atoms with E-state index in [2.05, 4.69) is 9.82 Å². The second-order valence-electron chi connectivity index (χ2n) is 5.63. The van der Waals surface area contributed by atoms with Crippen molar-refractivity contribution in [3.8, 4) is 5.69 Å². The maximum absolute atomic E-state index is 12.4. The summed E-state index contributed by atoms with van der Waals surface area (Å²) in [6.45, 7) is 1.84. The van der Waals surface area contributed by atoms with E-state index in [0.29, 0.717) is 0 Å². The van der Waals surface area contributed by atoms with Crippen molar-refractivity contribution >= 4 is 10.0 Å². The predicted octanol–water partition coefficient (Wildman–Crippen LogP) is 3.05. The number of aromatic nitrogens is 2. The summed E-state index contributed by atoms with van der Waals surface area (Å²) in [5, 5.41) is 4.20. The topological polar surface area (TPSA) is 64.0 Å². The second kappa shape index (κ2) is 6.98. The maximum Gasteiger partial charge on any atom is 0.216 e. The molecule has 0 saturated heterocycles. The highest BCUT2D eigenvalue weighted by atomic mass is 32.2. The summed E-state index contributed by atoms with van der Waals surface area (Å²) in [7, 11) is -3.42. The fourth-order valence-corrected chi connectivity index (χ4v) is 3.92. The van der Waals surface area contributed by atoms with Gasteiger partial charge in [0, 0.05) is 18.4 Å². The summed E-state index contributed by atoms with van der Waals surface area (Å²) in [4.78, 5) is 0. The van der Waals surface area contributed by atoms with Crippen molar-refractivity contribution in [2.24, 2.45) is 0 Å². The average molecular weight is 341 g/mol. The standard InChI is InChI=1S/C18H19N3O2S/c1-15(20-24(22,23)14-16-7-3-2-4-8-16)17-9-5-10-18(13-17)21-12-6-11-19-21/h2-13,15,20H,14H2,1H3/t15-/m0/s1. The van der Waals surface area contributed by atoms with E-state index in [-0.39, 0.29) is 11.8 Å². The fourth-order valence-electron chi connectivity index (χ4n) is 2.53. The van der Waals surface area contributed by atoms with Gasteiger partial charge in [0.15, 0.2) is 0 Å². The molecule has 5 nitrogen and oxygen atoms in total. The molecule has 0 aliphatic carbocycles. The van der Waals surface area contributed by atoms with Crippen LogP contribution < -0.4 is 4.72 Å². The van der Waals surface area contributed by atoms with Crippen LogP contribution in [-0.4, -0.2) is 18.2 Å². The lowest BCUT2D eigenvalue weighted by Crippen LogP contribution is -2.28. The van der Waals surface area contributed by atoms with E-state index in [1.54, 1.807) is 10.9 Å². The lowest BCUT2D eigenvalue weighted by Gasteiger charge is -2.16. The largest absolute Gasteiger partial charge is 0.241 e. The zero-order valence-corrected chi connectivity index (χ0v) is 14.1.